The Kier molecular flexibility index (Phi) is 4.49. The minimum absolute atomic E-state index is 0.216. The van der Waals surface area contributed by atoms with Crippen molar-refractivity contribution in [2.75, 3.05) is 0 Å². The second kappa shape index (κ2) is 5.54. The Morgan fingerprint density at radius 1 is 1.42 bits per heavy atom. The van der Waals surface area contributed by atoms with Crippen molar-refractivity contribution in [2.24, 2.45) is 0 Å². The van der Waals surface area contributed by atoms with E-state index in [1.165, 1.54) is 19.9 Å². The lowest BCUT2D eigenvalue weighted by molar-refractivity contribution is -0.143. The quantitative estimate of drug-likeness (QED) is 0.521. The molecule has 6 heteroatoms. The number of hydrogen-bond donors (Lipinski definition) is 1. The fourth-order valence-corrected chi connectivity index (χ4v) is 2.31. The van der Waals surface area contributed by atoms with Crippen LogP contribution >= 0.6 is 0 Å². The summed E-state index contributed by atoms with van der Waals surface area (Å²) in [5, 5.41) is 0. The van der Waals surface area contributed by atoms with Gasteiger partial charge in [0.25, 0.3) is 10.1 Å². The lowest BCUT2D eigenvalue weighted by atomic mass is 10.1. The van der Waals surface area contributed by atoms with Crippen molar-refractivity contribution >= 4 is 16.1 Å². The fraction of sp³-hybridized carbons (Fsp3) is 0.308. The van der Waals surface area contributed by atoms with E-state index in [4.69, 9.17) is 9.29 Å². The Morgan fingerprint density at radius 3 is 2.47 bits per heavy atom. The summed E-state index contributed by atoms with van der Waals surface area (Å²) in [7, 11) is -4.37. The van der Waals surface area contributed by atoms with Crippen molar-refractivity contribution in [3.8, 4) is 0 Å². The molecular weight excluding hydrogens is 268 g/mol. The summed E-state index contributed by atoms with van der Waals surface area (Å²) in [5.41, 5.74) is 1.24. The van der Waals surface area contributed by atoms with Crippen LogP contribution in [0.25, 0.3) is 0 Å². The highest BCUT2D eigenvalue weighted by atomic mass is 32.2. The third kappa shape index (κ3) is 3.90. The molecule has 0 radical (unpaired) electrons. The number of rotatable bonds is 4. The van der Waals surface area contributed by atoms with Gasteiger partial charge in [0.1, 0.15) is 11.0 Å². The van der Waals surface area contributed by atoms with Gasteiger partial charge in [-0.25, -0.2) is 4.79 Å². The van der Waals surface area contributed by atoms with E-state index in [2.05, 4.69) is 6.58 Å². The number of ether oxygens (including phenoxy) is 1. The molecule has 5 nitrogen and oxygen atoms in total. The molecular formula is C13H16O5S. The first-order valence-corrected chi connectivity index (χ1v) is 7.01. The molecule has 1 rings (SSSR count). The molecule has 0 saturated carbocycles. The van der Waals surface area contributed by atoms with Crippen LogP contribution in [0.1, 0.15) is 31.1 Å². The highest BCUT2D eigenvalue weighted by molar-refractivity contribution is 7.85. The van der Waals surface area contributed by atoms with Crippen LogP contribution in [0.5, 0.6) is 0 Å². The fourth-order valence-electron chi connectivity index (χ4n) is 1.55. The molecule has 0 heterocycles. The number of carbonyl (C=O) groups is 1. The largest absolute Gasteiger partial charge is 0.454 e. The van der Waals surface area contributed by atoms with Crippen LogP contribution in [-0.4, -0.2) is 18.9 Å². The van der Waals surface area contributed by atoms with Crippen molar-refractivity contribution in [2.45, 2.75) is 31.8 Å². The molecule has 19 heavy (non-hydrogen) atoms. The second-order valence-electron chi connectivity index (χ2n) is 4.34. The van der Waals surface area contributed by atoms with Gasteiger partial charge in [-0.2, -0.15) is 8.42 Å². The SMILES string of the molecule is C=C(C)C(=O)OC(C)c1cc(C)ccc1S(=O)(=O)O. The molecule has 0 saturated heterocycles. The van der Waals surface area contributed by atoms with E-state index in [-0.39, 0.29) is 16.0 Å². The van der Waals surface area contributed by atoms with Crippen molar-refractivity contribution in [1.29, 1.82) is 0 Å². The molecule has 1 aromatic rings. The number of esters is 1. The van der Waals surface area contributed by atoms with Gasteiger partial charge in [-0.15, -0.1) is 0 Å². The zero-order valence-electron chi connectivity index (χ0n) is 11.0. The Morgan fingerprint density at radius 2 is 2.00 bits per heavy atom. The molecule has 0 spiro atoms. The molecule has 1 unspecified atom stereocenters. The predicted octanol–water partition coefficient (Wildman–Crippen LogP) is 2.42. The topological polar surface area (TPSA) is 80.7 Å². The smallest absolute Gasteiger partial charge is 0.333 e. The minimum atomic E-state index is -4.37. The normalized spacial score (nSPS) is 12.8. The first-order chi connectivity index (χ1) is 8.62. The van der Waals surface area contributed by atoms with Crippen molar-refractivity contribution in [1.82, 2.24) is 0 Å². The molecule has 0 fully saturated rings. The third-order valence-electron chi connectivity index (χ3n) is 2.51. The molecule has 1 aromatic carbocycles. The van der Waals surface area contributed by atoms with Gasteiger partial charge < -0.3 is 4.74 Å². The van der Waals surface area contributed by atoms with E-state index < -0.39 is 22.2 Å². The standard InChI is InChI=1S/C13H16O5S/c1-8(2)13(14)18-10(4)11-7-9(3)5-6-12(11)19(15,16)17/h5-7,10H,1H2,2-4H3,(H,15,16,17). The van der Waals surface area contributed by atoms with E-state index in [1.54, 1.807) is 19.1 Å². The zero-order chi connectivity index (χ0) is 14.8. The van der Waals surface area contributed by atoms with Gasteiger partial charge in [0.05, 0.1) is 0 Å². The van der Waals surface area contributed by atoms with Gasteiger partial charge >= 0.3 is 5.97 Å². The first kappa shape index (κ1) is 15.4. The van der Waals surface area contributed by atoms with Crippen LogP contribution in [-0.2, 0) is 19.6 Å². The zero-order valence-corrected chi connectivity index (χ0v) is 11.8. The lowest BCUT2D eigenvalue weighted by Gasteiger charge is -2.16. The summed E-state index contributed by atoms with van der Waals surface area (Å²) < 4.78 is 36.8. The second-order valence-corrected chi connectivity index (χ2v) is 5.73. The molecule has 0 aliphatic rings. The van der Waals surface area contributed by atoms with Crippen LogP contribution in [0.15, 0.2) is 35.2 Å². The average Bonchev–Trinajstić information content (AvgIpc) is 2.26. The lowest BCUT2D eigenvalue weighted by Crippen LogP contribution is -2.13. The highest BCUT2D eigenvalue weighted by Crippen LogP contribution is 2.26. The maximum atomic E-state index is 11.4. The molecule has 0 aromatic heterocycles. The predicted molar refractivity (Wildman–Crippen MR) is 70.3 cm³/mol. The van der Waals surface area contributed by atoms with E-state index in [0.717, 1.165) is 5.56 Å². The maximum absolute atomic E-state index is 11.4. The molecule has 1 N–H and O–H groups in total. The summed E-state index contributed by atoms with van der Waals surface area (Å²) in [4.78, 5) is 11.2. The molecule has 0 bridgehead atoms. The van der Waals surface area contributed by atoms with E-state index >= 15 is 0 Å². The van der Waals surface area contributed by atoms with Crippen molar-refractivity contribution in [3.63, 3.8) is 0 Å². The summed E-state index contributed by atoms with van der Waals surface area (Å²) in [6.45, 7) is 8.24. The van der Waals surface area contributed by atoms with E-state index in [0.29, 0.717) is 0 Å². The Bertz CT molecular complexity index is 616. The highest BCUT2D eigenvalue weighted by Gasteiger charge is 2.22. The van der Waals surface area contributed by atoms with Crippen molar-refractivity contribution in [3.05, 3.63) is 41.5 Å². The van der Waals surface area contributed by atoms with Crippen molar-refractivity contribution < 1.29 is 22.5 Å². The van der Waals surface area contributed by atoms with E-state index in [9.17, 15) is 13.2 Å². The number of benzene rings is 1. The number of aryl methyl sites for hydroxylation is 1. The molecule has 0 aliphatic heterocycles. The first-order valence-electron chi connectivity index (χ1n) is 5.57. The number of carbonyl (C=O) groups excluding carboxylic acids is 1. The summed E-state index contributed by atoms with van der Waals surface area (Å²) >= 11 is 0. The summed E-state index contributed by atoms with van der Waals surface area (Å²) in [6, 6.07) is 4.39. The summed E-state index contributed by atoms with van der Waals surface area (Å²) in [6.07, 6.45) is -0.805. The molecule has 0 aliphatic carbocycles. The Balaban J connectivity index is 3.22. The van der Waals surface area contributed by atoms with Gasteiger partial charge in [-0.05, 0) is 26.8 Å². The van der Waals surface area contributed by atoms with Crippen LogP contribution in [0, 0.1) is 6.92 Å². The molecule has 1 atom stereocenters. The van der Waals surface area contributed by atoms with Crippen LogP contribution in [0.3, 0.4) is 0 Å². The van der Waals surface area contributed by atoms with Crippen LogP contribution in [0.2, 0.25) is 0 Å². The third-order valence-corrected chi connectivity index (χ3v) is 3.44. The van der Waals surface area contributed by atoms with Crippen LogP contribution in [0.4, 0.5) is 0 Å². The Hall–Kier alpha value is -1.66. The van der Waals surface area contributed by atoms with Gasteiger partial charge in [-0.1, -0.05) is 24.3 Å². The van der Waals surface area contributed by atoms with Gasteiger partial charge in [-0.3, -0.25) is 4.55 Å². The molecule has 104 valence electrons. The minimum Gasteiger partial charge on any atom is -0.454 e. The Labute approximate surface area is 112 Å². The van der Waals surface area contributed by atoms with Gasteiger partial charge in [0.15, 0.2) is 0 Å². The number of hydrogen-bond acceptors (Lipinski definition) is 4. The van der Waals surface area contributed by atoms with E-state index in [1.807, 2.05) is 0 Å². The average molecular weight is 284 g/mol. The summed E-state index contributed by atoms with van der Waals surface area (Å²) in [5.74, 6) is -0.615. The van der Waals surface area contributed by atoms with Crippen LogP contribution < -0.4 is 0 Å². The van der Waals surface area contributed by atoms with Gasteiger partial charge in [0, 0.05) is 11.1 Å². The molecule has 0 amide bonds. The monoisotopic (exact) mass is 284 g/mol. The van der Waals surface area contributed by atoms with Gasteiger partial charge in [0.2, 0.25) is 0 Å². The maximum Gasteiger partial charge on any atom is 0.333 e.